The molecule has 0 unspecified atom stereocenters. The zero-order valence-electron chi connectivity index (χ0n) is 8.95. The first-order valence-electron chi connectivity index (χ1n) is 4.85. The summed E-state index contributed by atoms with van der Waals surface area (Å²) >= 11 is 0. The molecule has 4 heteroatoms. The van der Waals surface area contributed by atoms with Gasteiger partial charge in [-0.2, -0.15) is 5.26 Å². The molecule has 4 nitrogen and oxygen atoms in total. The van der Waals surface area contributed by atoms with Crippen LogP contribution in [0, 0.1) is 16.7 Å². The molecule has 16 heavy (non-hydrogen) atoms. The maximum Gasteiger partial charge on any atom is 0.346 e. The number of nitrogens with one attached hydrogen (secondary N) is 1. The first kappa shape index (κ1) is 11.9. The van der Waals surface area contributed by atoms with E-state index < -0.39 is 5.97 Å². The van der Waals surface area contributed by atoms with Crippen LogP contribution in [0.25, 0.3) is 0 Å². The zero-order valence-corrected chi connectivity index (χ0v) is 8.95. The monoisotopic (exact) mass is 216 g/mol. The lowest BCUT2D eigenvalue weighted by atomic mass is 10.0. The highest BCUT2D eigenvalue weighted by molar-refractivity contribution is 6.03. The first-order valence-corrected chi connectivity index (χ1v) is 4.85. The number of rotatable bonds is 2. The van der Waals surface area contributed by atoms with Crippen LogP contribution in [0.2, 0.25) is 0 Å². The Bertz CT molecular complexity index is 462. The molecule has 0 aliphatic heterocycles. The quantitative estimate of drug-likeness (QED) is 0.548. The number of carboxylic acids is 1. The predicted octanol–water partition coefficient (Wildman–Crippen LogP) is 2.21. The average molecular weight is 216 g/mol. The van der Waals surface area contributed by atoms with Crippen molar-refractivity contribution in [2.75, 3.05) is 0 Å². The van der Waals surface area contributed by atoms with Crippen molar-refractivity contribution < 1.29 is 9.90 Å². The van der Waals surface area contributed by atoms with E-state index in [1.54, 1.807) is 12.1 Å². The standard InChI is InChI=1S/C12H12N2O2/c1-8-2-4-9(11(14)5-3-8)6-10(7-13)12(15)16/h2,4,6,14H,3,5H2,1H3,(H,15,16)/b10-6-,14-11?. The van der Waals surface area contributed by atoms with Crippen molar-refractivity contribution in [1.29, 1.82) is 10.7 Å². The van der Waals surface area contributed by atoms with Crippen LogP contribution in [0.3, 0.4) is 0 Å². The molecule has 1 rings (SSSR count). The molecule has 0 fully saturated rings. The fourth-order valence-electron chi connectivity index (χ4n) is 1.32. The lowest BCUT2D eigenvalue weighted by Gasteiger charge is -2.01. The molecule has 0 amide bonds. The molecule has 0 atom stereocenters. The molecule has 0 heterocycles. The van der Waals surface area contributed by atoms with Crippen LogP contribution in [-0.2, 0) is 4.79 Å². The van der Waals surface area contributed by atoms with E-state index in [1.165, 1.54) is 6.08 Å². The number of carboxylic acid groups (broad SMARTS) is 1. The second kappa shape index (κ2) is 5.08. The van der Waals surface area contributed by atoms with Crippen molar-refractivity contribution in [3.05, 3.63) is 34.9 Å². The highest BCUT2D eigenvalue weighted by Crippen LogP contribution is 2.16. The summed E-state index contributed by atoms with van der Waals surface area (Å²) < 4.78 is 0. The van der Waals surface area contributed by atoms with Gasteiger partial charge in [0.05, 0.1) is 0 Å². The summed E-state index contributed by atoms with van der Waals surface area (Å²) in [5, 5.41) is 25.1. The molecular weight excluding hydrogens is 204 g/mol. The van der Waals surface area contributed by atoms with Crippen molar-refractivity contribution in [3.63, 3.8) is 0 Å². The van der Waals surface area contributed by atoms with Gasteiger partial charge >= 0.3 is 5.97 Å². The van der Waals surface area contributed by atoms with Crippen molar-refractivity contribution >= 4 is 11.7 Å². The van der Waals surface area contributed by atoms with Crippen LogP contribution in [0.1, 0.15) is 19.8 Å². The highest BCUT2D eigenvalue weighted by Gasteiger charge is 2.11. The molecule has 0 aromatic heterocycles. The van der Waals surface area contributed by atoms with Gasteiger partial charge in [0.2, 0.25) is 0 Å². The number of allylic oxidation sites excluding steroid dienone is 5. The van der Waals surface area contributed by atoms with E-state index >= 15 is 0 Å². The van der Waals surface area contributed by atoms with Crippen LogP contribution >= 0.6 is 0 Å². The van der Waals surface area contributed by atoms with Gasteiger partial charge in [0.25, 0.3) is 0 Å². The number of aliphatic carboxylic acids is 1. The molecule has 0 spiro atoms. The van der Waals surface area contributed by atoms with Crippen LogP contribution in [-0.4, -0.2) is 16.8 Å². The van der Waals surface area contributed by atoms with Gasteiger partial charge in [-0.3, -0.25) is 0 Å². The van der Waals surface area contributed by atoms with Crippen molar-refractivity contribution in [2.45, 2.75) is 19.8 Å². The van der Waals surface area contributed by atoms with Gasteiger partial charge < -0.3 is 10.5 Å². The molecule has 1 aliphatic rings. The Balaban J connectivity index is 3.08. The molecule has 0 aromatic rings. The number of hydrogen-bond donors (Lipinski definition) is 2. The van der Waals surface area contributed by atoms with Gasteiger partial charge in [0.15, 0.2) is 0 Å². The second-order valence-corrected chi connectivity index (χ2v) is 3.59. The van der Waals surface area contributed by atoms with Gasteiger partial charge in [-0.25, -0.2) is 4.79 Å². The van der Waals surface area contributed by atoms with Crippen LogP contribution < -0.4 is 0 Å². The minimum Gasteiger partial charge on any atom is -0.477 e. The lowest BCUT2D eigenvalue weighted by Crippen LogP contribution is -2.03. The van der Waals surface area contributed by atoms with Crippen LogP contribution in [0.15, 0.2) is 34.9 Å². The smallest absolute Gasteiger partial charge is 0.346 e. The molecule has 0 bridgehead atoms. The molecular formula is C12H12N2O2. The van der Waals surface area contributed by atoms with E-state index in [2.05, 4.69) is 0 Å². The molecule has 0 saturated heterocycles. The Hall–Kier alpha value is -2.15. The van der Waals surface area contributed by atoms with E-state index in [4.69, 9.17) is 15.8 Å². The Morgan fingerprint density at radius 1 is 1.56 bits per heavy atom. The SMILES string of the molecule is CC1=CC=C(/C=C(/C#N)C(=O)O)C(=N)CC1. The van der Waals surface area contributed by atoms with Crippen molar-refractivity contribution in [3.8, 4) is 6.07 Å². The third-order valence-corrected chi connectivity index (χ3v) is 2.32. The number of carbonyl (C=O) groups is 1. The van der Waals surface area contributed by atoms with Crippen molar-refractivity contribution in [1.82, 2.24) is 0 Å². The minimum absolute atomic E-state index is 0.344. The number of hydrogen-bond acceptors (Lipinski definition) is 3. The van der Waals surface area contributed by atoms with Gasteiger partial charge in [-0.1, -0.05) is 17.7 Å². The lowest BCUT2D eigenvalue weighted by molar-refractivity contribution is -0.132. The fourth-order valence-corrected chi connectivity index (χ4v) is 1.32. The summed E-state index contributed by atoms with van der Waals surface area (Å²) in [6.45, 7) is 1.96. The normalized spacial score (nSPS) is 17.0. The van der Waals surface area contributed by atoms with E-state index in [0.717, 1.165) is 12.0 Å². The molecule has 0 saturated carbocycles. The van der Waals surface area contributed by atoms with E-state index in [-0.39, 0.29) is 5.57 Å². The summed E-state index contributed by atoms with van der Waals surface area (Å²) in [6.07, 6.45) is 6.15. The molecule has 0 radical (unpaired) electrons. The summed E-state index contributed by atoms with van der Waals surface area (Å²) in [6, 6.07) is 1.60. The molecule has 82 valence electrons. The third-order valence-electron chi connectivity index (χ3n) is 2.32. The van der Waals surface area contributed by atoms with Gasteiger partial charge in [0.1, 0.15) is 11.6 Å². The Labute approximate surface area is 93.7 Å². The summed E-state index contributed by atoms with van der Waals surface area (Å²) in [5.41, 5.74) is 1.66. The molecule has 2 N–H and O–H groups in total. The average Bonchev–Trinajstić information content (AvgIpc) is 2.39. The van der Waals surface area contributed by atoms with Gasteiger partial charge in [-0.15, -0.1) is 0 Å². The molecule has 0 aromatic carbocycles. The van der Waals surface area contributed by atoms with E-state index in [0.29, 0.717) is 17.7 Å². The summed E-state index contributed by atoms with van der Waals surface area (Å²) in [7, 11) is 0. The minimum atomic E-state index is -1.26. The number of nitriles is 1. The molecule has 1 aliphatic carbocycles. The topological polar surface area (TPSA) is 84.9 Å². The third kappa shape index (κ3) is 2.92. The highest BCUT2D eigenvalue weighted by atomic mass is 16.4. The fraction of sp³-hybridized carbons (Fsp3) is 0.250. The zero-order chi connectivity index (χ0) is 12.1. The summed E-state index contributed by atoms with van der Waals surface area (Å²) in [5.74, 6) is -1.26. The first-order chi connectivity index (χ1) is 7.54. The maximum atomic E-state index is 10.7. The Morgan fingerprint density at radius 3 is 2.81 bits per heavy atom. The maximum absolute atomic E-state index is 10.7. The Morgan fingerprint density at radius 2 is 2.25 bits per heavy atom. The van der Waals surface area contributed by atoms with E-state index in [9.17, 15) is 4.79 Å². The van der Waals surface area contributed by atoms with Crippen LogP contribution in [0.5, 0.6) is 0 Å². The van der Waals surface area contributed by atoms with Crippen LogP contribution in [0.4, 0.5) is 0 Å². The van der Waals surface area contributed by atoms with E-state index in [1.807, 2.05) is 13.0 Å². The summed E-state index contributed by atoms with van der Waals surface area (Å²) in [4.78, 5) is 10.7. The van der Waals surface area contributed by atoms with Gasteiger partial charge in [-0.05, 0) is 31.4 Å². The Kier molecular flexibility index (Phi) is 3.78. The predicted molar refractivity (Wildman–Crippen MR) is 60.1 cm³/mol. The largest absolute Gasteiger partial charge is 0.477 e. The van der Waals surface area contributed by atoms with Gasteiger partial charge in [0, 0.05) is 5.71 Å². The number of nitrogens with zero attached hydrogens (tertiary/aromatic N) is 1. The van der Waals surface area contributed by atoms with Crippen molar-refractivity contribution in [2.24, 2.45) is 0 Å². The second-order valence-electron chi connectivity index (χ2n) is 3.59.